The third-order valence-corrected chi connectivity index (χ3v) is 4.28. The van der Waals surface area contributed by atoms with Gasteiger partial charge in [0.1, 0.15) is 5.75 Å². The Morgan fingerprint density at radius 2 is 1.81 bits per heavy atom. The number of hydrogen-bond acceptors (Lipinski definition) is 3. The van der Waals surface area contributed by atoms with Crippen LogP contribution in [0.4, 0.5) is 0 Å². The van der Waals surface area contributed by atoms with Crippen LogP contribution < -0.4 is 10.1 Å². The first-order valence-electron chi connectivity index (χ1n) is 8.07. The van der Waals surface area contributed by atoms with E-state index in [1.807, 2.05) is 30.3 Å². The van der Waals surface area contributed by atoms with E-state index in [0.29, 0.717) is 0 Å². The van der Waals surface area contributed by atoms with Crippen LogP contribution in [0, 0.1) is 0 Å². The zero-order valence-corrected chi connectivity index (χ0v) is 14.0. The Morgan fingerprint density at radius 1 is 1.10 bits per heavy atom. The molecule has 1 aromatic rings. The molecule has 0 radical (unpaired) electrons. The Labute approximate surface area is 129 Å². The summed E-state index contributed by atoms with van der Waals surface area (Å²) >= 11 is 0. The molecule has 3 nitrogen and oxygen atoms in total. The van der Waals surface area contributed by atoms with E-state index in [0.717, 1.165) is 38.4 Å². The molecule has 118 valence electrons. The summed E-state index contributed by atoms with van der Waals surface area (Å²) in [6, 6.07) is 10.1. The molecular formula is C18H30N2O. The van der Waals surface area contributed by atoms with Gasteiger partial charge >= 0.3 is 0 Å². The zero-order chi connectivity index (χ0) is 15.3. The largest absolute Gasteiger partial charge is 0.494 e. The molecule has 1 aliphatic rings. The maximum Gasteiger partial charge on any atom is 0.119 e. The zero-order valence-electron chi connectivity index (χ0n) is 14.0. The van der Waals surface area contributed by atoms with Crippen LogP contribution in [-0.2, 0) is 0 Å². The minimum Gasteiger partial charge on any atom is -0.494 e. The molecule has 1 fully saturated rings. The summed E-state index contributed by atoms with van der Waals surface area (Å²) in [6.07, 6.45) is 2.29. The van der Waals surface area contributed by atoms with Crippen LogP contribution in [0.5, 0.6) is 5.75 Å². The molecule has 1 aromatic carbocycles. The van der Waals surface area contributed by atoms with Gasteiger partial charge in [0.25, 0.3) is 0 Å². The lowest BCUT2D eigenvalue weighted by Gasteiger charge is -2.49. The Kier molecular flexibility index (Phi) is 5.28. The van der Waals surface area contributed by atoms with Gasteiger partial charge in [0, 0.05) is 24.2 Å². The molecule has 1 aliphatic heterocycles. The Bertz CT molecular complexity index is 428. The van der Waals surface area contributed by atoms with Crippen molar-refractivity contribution < 1.29 is 4.74 Å². The maximum atomic E-state index is 5.76. The van der Waals surface area contributed by atoms with E-state index < -0.39 is 0 Å². The number of unbranched alkanes of at least 4 members (excludes halogenated alkanes) is 1. The van der Waals surface area contributed by atoms with Crippen molar-refractivity contribution in [3.63, 3.8) is 0 Å². The average molecular weight is 290 g/mol. The molecule has 1 heterocycles. The molecule has 3 heteroatoms. The smallest absolute Gasteiger partial charge is 0.119 e. The second-order valence-electron chi connectivity index (χ2n) is 7.34. The fraction of sp³-hybridized carbons (Fsp3) is 0.667. The van der Waals surface area contributed by atoms with Crippen molar-refractivity contribution in [2.75, 3.05) is 26.2 Å². The van der Waals surface area contributed by atoms with Crippen LogP contribution in [0.3, 0.4) is 0 Å². The van der Waals surface area contributed by atoms with Crippen molar-refractivity contribution in [2.24, 2.45) is 0 Å². The second kappa shape index (κ2) is 6.80. The number of para-hydroxylation sites is 1. The lowest BCUT2D eigenvalue weighted by molar-refractivity contribution is 0.0372. The number of nitrogens with one attached hydrogen (secondary N) is 1. The quantitative estimate of drug-likeness (QED) is 0.814. The summed E-state index contributed by atoms with van der Waals surface area (Å²) in [5.74, 6) is 0.973. The number of piperazine rings is 1. The highest BCUT2D eigenvalue weighted by Crippen LogP contribution is 2.23. The van der Waals surface area contributed by atoms with Crippen molar-refractivity contribution in [2.45, 2.75) is 51.6 Å². The molecule has 0 aromatic heterocycles. The molecule has 0 amide bonds. The third kappa shape index (κ3) is 5.01. The van der Waals surface area contributed by atoms with Gasteiger partial charge in [-0.2, -0.15) is 0 Å². The monoisotopic (exact) mass is 290 g/mol. The van der Waals surface area contributed by atoms with Gasteiger partial charge in [-0.25, -0.2) is 0 Å². The SMILES string of the molecule is CC1(C)CN(CCCCOc2ccccc2)C(C)(C)CN1. The van der Waals surface area contributed by atoms with E-state index in [1.54, 1.807) is 0 Å². The molecule has 21 heavy (non-hydrogen) atoms. The minimum absolute atomic E-state index is 0.218. The number of ether oxygens (including phenoxy) is 1. The summed E-state index contributed by atoms with van der Waals surface area (Å²) in [4.78, 5) is 2.62. The molecular weight excluding hydrogens is 260 g/mol. The molecule has 0 atom stereocenters. The fourth-order valence-corrected chi connectivity index (χ4v) is 2.81. The van der Waals surface area contributed by atoms with Gasteiger partial charge in [0.15, 0.2) is 0 Å². The minimum atomic E-state index is 0.218. The van der Waals surface area contributed by atoms with E-state index in [1.165, 1.54) is 6.42 Å². The first-order valence-corrected chi connectivity index (χ1v) is 8.07. The normalized spacial score (nSPS) is 21.1. The molecule has 0 spiro atoms. The molecule has 0 unspecified atom stereocenters. The standard InChI is InChI=1S/C18H30N2O/c1-17(2)15-20(18(3,4)14-19-17)12-8-9-13-21-16-10-6-5-7-11-16/h5-7,10-11,19H,8-9,12-15H2,1-4H3. The average Bonchev–Trinajstić information content (AvgIpc) is 2.44. The molecule has 0 bridgehead atoms. The maximum absolute atomic E-state index is 5.76. The number of benzene rings is 1. The predicted octanol–water partition coefficient (Wildman–Crippen LogP) is 3.31. The number of nitrogens with zero attached hydrogens (tertiary/aromatic N) is 1. The summed E-state index contributed by atoms with van der Waals surface area (Å²) < 4.78 is 5.76. The molecule has 1 N–H and O–H groups in total. The Hall–Kier alpha value is -1.06. The van der Waals surface area contributed by atoms with Crippen molar-refractivity contribution in [3.05, 3.63) is 30.3 Å². The first kappa shape index (κ1) is 16.3. The highest BCUT2D eigenvalue weighted by molar-refractivity contribution is 5.20. The molecule has 1 saturated heterocycles. The van der Waals surface area contributed by atoms with Gasteiger partial charge in [-0.3, -0.25) is 4.90 Å². The number of hydrogen-bond donors (Lipinski definition) is 1. The van der Waals surface area contributed by atoms with Crippen molar-refractivity contribution in [1.82, 2.24) is 10.2 Å². The van der Waals surface area contributed by atoms with Crippen molar-refractivity contribution in [1.29, 1.82) is 0 Å². The fourth-order valence-electron chi connectivity index (χ4n) is 2.81. The lowest BCUT2D eigenvalue weighted by Crippen LogP contribution is -2.66. The summed E-state index contributed by atoms with van der Waals surface area (Å²) in [7, 11) is 0. The van der Waals surface area contributed by atoms with E-state index in [-0.39, 0.29) is 11.1 Å². The van der Waals surface area contributed by atoms with Gasteiger partial charge in [-0.15, -0.1) is 0 Å². The van der Waals surface area contributed by atoms with Crippen LogP contribution in [0.15, 0.2) is 30.3 Å². The van der Waals surface area contributed by atoms with Crippen LogP contribution >= 0.6 is 0 Å². The van der Waals surface area contributed by atoms with Gasteiger partial charge in [-0.1, -0.05) is 18.2 Å². The topological polar surface area (TPSA) is 24.5 Å². The van der Waals surface area contributed by atoms with Crippen molar-refractivity contribution in [3.8, 4) is 5.75 Å². The van der Waals surface area contributed by atoms with Gasteiger partial charge in [-0.05, 0) is 59.2 Å². The van der Waals surface area contributed by atoms with Crippen LogP contribution in [-0.4, -0.2) is 42.2 Å². The first-order chi connectivity index (χ1) is 9.89. The van der Waals surface area contributed by atoms with Crippen LogP contribution in [0.1, 0.15) is 40.5 Å². The summed E-state index contributed by atoms with van der Waals surface area (Å²) in [5.41, 5.74) is 0.464. The highest BCUT2D eigenvalue weighted by Gasteiger charge is 2.36. The second-order valence-corrected chi connectivity index (χ2v) is 7.34. The van der Waals surface area contributed by atoms with E-state index in [4.69, 9.17) is 4.74 Å². The third-order valence-electron chi connectivity index (χ3n) is 4.28. The molecule has 2 rings (SSSR count). The Balaban J connectivity index is 1.70. The summed E-state index contributed by atoms with van der Waals surface area (Å²) in [6.45, 7) is 13.4. The number of rotatable bonds is 6. The van der Waals surface area contributed by atoms with Crippen LogP contribution in [0.25, 0.3) is 0 Å². The van der Waals surface area contributed by atoms with E-state index in [2.05, 4.69) is 37.9 Å². The summed E-state index contributed by atoms with van der Waals surface area (Å²) in [5, 5.41) is 3.64. The Morgan fingerprint density at radius 3 is 2.52 bits per heavy atom. The van der Waals surface area contributed by atoms with Crippen LogP contribution in [0.2, 0.25) is 0 Å². The van der Waals surface area contributed by atoms with Gasteiger partial charge in [0.05, 0.1) is 6.61 Å². The van der Waals surface area contributed by atoms with Gasteiger partial charge < -0.3 is 10.1 Å². The van der Waals surface area contributed by atoms with Crippen molar-refractivity contribution >= 4 is 0 Å². The predicted molar refractivity (Wildman–Crippen MR) is 88.9 cm³/mol. The highest BCUT2D eigenvalue weighted by atomic mass is 16.5. The lowest BCUT2D eigenvalue weighted by atomic mass is 9.91. The van der Waals surface area contributed by atoms with Gasteiger partial charge in [0.2, 0.25) is 0 Å². The van der Waals surface area contributed by atoms with E-state index in [9.17, 15) is 0 Å². The molecule has 0 saturated carbocycles. The van der Waals surface area contributed by atoms with E-state index >= 15 is 0 Å². The molecule has 0 aliphatic carbocycles.